The molecule has 4 heteroatoms. The van der Waals surface area contributed by atoms with Crippen LogP contribution in [0.25, 0.3) is 22.6 Å². The number of rotatable bonds is 1. The zero-order chi connectivity index (χ0) is 11.8. The number of halogens is 1. The topological polar surface area (TPSA) is 29.9 Å². The molecule has 0 bridgehead atoms. The molecule has 2 heterocycles. The summed E-state index contributed by atoms with van der Waals surface area (Å²) in [6.07, 6.45) is 3.96. The number of aryl methyl sites for hydroxylation is 2. The lowest BCUT2D eigenvalue weighted by Crippen LogP contribution is -3.00. The average Bonchev–Trinajstić information content (AvgIpc) is 2.72. The fraction of sp³-hybridized carbons (Fsp3) is 0.143. The highest BCUT2D eigenvalue weighted by molar-refractivity contribution is 5.76. The predicted octanol–water partition coefficient (Wildman–Crippen LogP) is -0.368. The zero-order valence-corrected chi connectivity index (χ0v) is 12.4. The van der Waals surface area contributed by atoms with Crippen molar-refractivity contribution in [1.82, 2.24) is 4.98 Å². The molecule has 3 rings (SSSR count). The first kappa shape index (κ1) is 13.0. The Morgan fingerprint density at radius 1 is 1.11 bits per heavy atom. The van der Waals surface area contributed by atoms with Crippen molar-refractivity contribution in [2.45, 2.75) is 6.92 Å². The second kappa shape index (κ2) is 5.06. The quantitative estimate of drug-likeness (QED) is 0.442. The van der Waals surface area contributed by atoms with Crippen LogP contribution in [-0.2, 0) is 7.05 Å². The number of hydrogen-bond acceptors (Lipinski definition) is 2. The lowest BCUT2D eigenvalue weighted by molar-refractivity contribution is -0.671. The number of aromatic nitrogens is 2. The summed E-state index contributed by atoms with van der Waals surface area (Å²) >= 11 is 0. The molecule has 1 aromatic carbocycles. The number of nitrogens with zero attached hydrogens (tertiary/aromatic N) is 2. The fourth-order valence-corrected chi connectivity index (χ4v) is 1.80. The van der Waals surface area contributed by atoms with Crippen LogP contribution in [0.1, 0.15) is 5.56 Å². The summed E-state index contributed by atoms with van der Waals surface area (Å²) in [5.41, 5.74) is 3.92. The minimum Gasteiger partial charge on any atom is -1.00 e. The Morgan fingerprint density at radius 2 is 1.83 bits per heavy atom. The molecule has 0 saturated heterocycles. The molecule has 0 fully saturated rings. The van der Waals surface area contributed by atoms with Gasteiger partial charge in [0.25, 0.3) is 0 Å². The molecule has 92 valence electrons. The highest BCUT2D eigenvalue weighted by Gasteiger charge is 2.08. The maximum absolute atomic E-state index is 5.75. The van der Waals surface area contributed by atoms with E-state index in [-0.39, 0.29) is 24.0 Å². The van der Waals surface area contributed by atoms with Gasteiger partial charge in [0, 0.05) is 17.7 Å². The standard InChI is InChI=1S/C14H13N2O.HI/c1-10-3-4-12-13(9-10)17-14(15-12)11-5-7-16(2)8-6-11;/h3-9H,1-2H3;1H/q+1;/p-1. The SMILES string of the molecule is Cc1ccc2nc(-c3cc[n+](C)cc3)oc2c1.[I-]. The summed E-state index contributed by atoms with van der Waals surface area (Å²) in [6.45, 7) is 2.05. The second-order valence-electron chi connectivity index (χ2n) is 4.24. The minimum absolute atomic E-state index is 0. The van der Waals surface area contributed by atoms with Gasteiger partial charge in [-0.15, -0.1) is 0 Å². The summed E-state index contributed by atoms with van der Waals surface area (Å²) in [7, 11) is 1.99. The summed E-state index contributed by atoms with van der Waals surface area (Å²) in [6, 6.07) is 10.0. The van der Waals surface area contributed by atoms with Crippen molar-refractivity contribution in [2.75, 3.05) is 0 Å². The van der Waals surface area contributed by atoms with Crippen molar-refractivity contribution in [2.24, 2.45) is 7.05 Å². The first-order valence-electron chi connectivity index (χ1n) is 5.55. The van der Waals surface area contributed by atoms with Crippen molar-refractivity contribution in [1.29, 1.82) is 0 Å². The Bertz CT molecular complexity index is 674. The van der Waals surface area contributed by atoms with Gasteiger partial charge in [0.05, 0.1) is 0 Å². The van der Waals surface area contributed by atoms with E-state index in [1.807, 2.05) is 61.3 Å². The first-order chi connectivity index (χ1) is 8.22. The third kappa shape index (κ3) is 2.38. The van der Waals surface area contributed by atoms with E-state index in [4.69, 9.17) is 4.42 Å². The van der Waals surface area contributed by atoms with Gasteiger partial charge in [-0.1, -0.05) is 6.07 Å². The maximum Gasteiger partial charge on any atom is 0.227 e. The van der Waals surface area contributed by atoms with Crippen LogP contribution in [0.4, 0.5) is 0 Å². The highest BCUT2D eigenvalue weighted by atomic mass is 127. The first-order valence-corrected chi connectivity index (χ1v) is 5.55. The van der Waals surface area contributed by atoms with Crippen molar-refractivity contribution >= 4 is 11.1 Å². The number of hydrogen-bond donors (Lipinski definition) is 0. The van der Waals surface area contributed by atoms with Crippen molar-refractivity contribution in [3.8, 4) is 11.5 Å². The summed E-state index contributed by atoms with van der Waals surface area (Å²) in [4.78, 5) is 4.48. The van der Waals surface area contributed by atoms with Crippen LogP contribution in [-0.4, -0.2) is 4.98 Å². The lowest BCUT2D eigenvalue weighted by Gasteiger charge is -1.91. The van der Waals surface area contributed by atoms with Gasteiger partial charge in [-0.25, -0.2) is 9.55 Å². The van der Waals surface area contributed by atoms with Crippen LogP contribution in [0, 0.1) is 6.92 Å². The molecule has 3 aromatic rings. The molecule has 18 heavy (non-hydrogen) atoms. The van der Waals surface area contributed by atoms with E-state index in [9.17, 15) is 0 Å². The fourth-order valence-electron chi connectivity index (χ4n) is 1.80. The van der Waals surface area contributed by atoms with Gasteiger partial charge in [0.2, 0.25) is 5.89 Å². The molecule has 0 radical (unpaired) electrons. The van der Waals surface area contributed by atoms with Crippen LogP contribution < -0.4 is 28.5 Å². The largest absolute Gasteiger partial charge is 1.00 e. The number of fused-ring (bicyclic) bond motifs is 1. The van der Waals surface area contributed by atoms with Crippen LogP contribution >= 0.6 is 0 Å². The van der Waals surface area contributed by atoms with Gasteiger partial charge in [0.15, 0.2) is 18.0 Å². The number of pyridine rings is 1. The molecule has 0 spiro atoms. The Morgan fingerprint density at radius 3 is 2.56 bits per heavy atom. The zero-order valence-electron chi connectivity index (χ0n) is 10.2. The van der Waals surface area contributed by atoms with Crippen molar-refractivity contribution in [3.05, 3.63) is 48.3 Å². The van der Waals surface area contributed by atoms with Crippen LogP contribution in [0.2, 0.25) is 0 Å². The van der Waals surface area contributed by atoms with Crippen molar-refractivity contribution < 1.29 is 33.0 Å². The second-order valence-corrected chi connectivity index (χ2v) is 4.24. The van der Waals surface area contributed by atoms with Crippen LogP contribution in [0.15, 0.2) is 47.1 Å². The monoisotopic (exact) mass is 352 g/mol. The molecular weight excluding hydrogens is 339 g/mol. The van der Waals surface area contributed by atoms with Gasteiger partial charge in [0.1, 0.15) is 12.6 Å². The third-order valence-corrected chi connectivity index (χ3v) is 2.77. The molecule has 0 aliphatic heterocycles. The molecule has 0 atom stereocenters. The van der Waals surface area contributed by atoms with Crippen LogP contribution in [0.3, 0.4) is 0 Å². The molecule has 3 nitrogen and oxygen atoms in total. The Kier molecular flexibility index (Phi) is 3.65. The predicted molar refractivity (Wildman–Crippen MR) is 65.4 cm³/mol. The van der Waals surface area contributed by atoms with Gasteiger partial charge < -0.3 is 28.4 Å². The average molecular weight is 352 g/mol. The van der Waals surface area contributed by atoms with Gasteiger partial charge >= 0.3 is 0 Å². The van der Waals surface area contributed by atoms with E-state index >= 15 is 0 Å². The molecule has 0 saturated carbocycles. The minimum atomic E-state index is 0. The Balaban J connectivity index is 0.00000120. The van der Waals surface area contributed by atoms with E-state index in [1.165, 1.54) is 5.56 Å². The molecule has 2 aromatic heterocycles. The molecule has 0 aliphatic carbocycles. The van der Waals surface area contributed by atoms with Crippen molar-refractivity contribution in [3.63, 3.8) is 0 Å². The Labute approximate surface area is 122 Å². The smallest absolute Gasteiger partial charge is 0.227 e. The maximum atomic E-state index is 5.75. The van der Waals surface area contributed by atoms with Gasteiger partial charge in [-0.05, 0) is 24.6 Å². The molecular formula is C14H13IN2O. The van der Waals surface area contributed by atoms with Gasteiger partial charge in [-0.3, -0.25) is 0 Å². The lowest BCUT2D eigenvalue weighted by atomic mass is 10.2. The van der Waals surface area contributed by atoms with E-state index in [0.29, 0.717) is 5.89 Å². The highest BCUT2D eigenvalue weighted by Crippen LogP contribution is 2.23. The Hall–Kier alpha value is -1.43. The van der Waals surface area contributed by atoms with E-state index in [0.717, 1.165) is 16.7 Å². The summed E-state index contributed by atoms with van der Waals surface area (Å²) in [5.74, 6) is 0.672. The van der Waals surface area contributed by atoms with E-state index < -0.39 is 0 Å². The molecule has 0 aliphatic rings. The van der Waals surface area contributed by atoms with Crippen LogP contribution in [0.5, 0.6) is 0 Å². The normalized spacial score (nSPS) is 10.3. The number of benzene rings is 1. The number of oxazole rings is 1. The van der Waals surface area contributed by atoms with Gasteiger partial charge in [-0.2, -0.15) is 0 Å². The third-order valence-electron chi connectivity index (χ3n) is 2.77. The summed E-state index contributed by atoms with van der Waals surface area (Å²) < 4.78 is 7.74. The van der Waals surface area contributed by atoms with E-state index in [1.54, 1.807) is 0 Å². The molecule has 0 amide bonds. The summed E-state index contributed by atoms with van der Waals surface area (Å²) in [5, 5.41) is 0. The molecule has 0 unspecified atom stereocenters. The van der Waals surface area contributed by atoms with E-state index in [2.05, 4.69) is 4.98 Å². The molecule has 0 N–H and O–H groups in total.